The number of hydrogen-bond acceptors (Lipinski definition) is 8. The predicted octanol–water partition coefficient (Wildman–Crippen LogP) is 2.46. The minimum atomic E-state index is -0.988. The Labute approximate surface area is 167 Å². The van der Waals surface area contributed by atoms with Crippen LogP contribution >= 0.6 is 0 Å². The third-order valence-corrected chi connectivity index (χ3v) is 5.47. The van der Waals surface area contributed by atoms with Crippen LogP contribution in [0, 0.1) is 10.1 Å². The second kappa shape index (κ2) is 6.23. The van der Waals surface area contributed by atoms with E-state index in [2.05, 4.69) is 0 Å². The van der Waals surface area contributed by atoms with Crippen molar-refractivity contribution in [1.82, 2.24) is 0 Å². The molecule has 0 aliphatic carbocycles. The smallest absolute Gasteiger partial charge is 0.290 e. The number of fused-ring (bicyclic) bond motifs is 4. The highest BCUT2D eigenvalue weighted by molar-refractivity contribution is 5.61. The van der Waals surface area contributed by atoms with Gasteiger partial charge in [0.1, 0.15) is 30.2 Å². The van der Waals surface area contributed by atoms with Crippen molar-refractivity contribution in [3.8, 4) is 5.75 Å². The van der Waals surface area contributed by atoms with Crippen LogP contribution in [0.5, 0.6) is 5.75 Å². The van der Waals surface area contributed by atoms with E-state index in [0.29, 0.717) is 11.3 Å². The summed E-state index contributed by atoms with van der Waals surface area (Å²) in [7, 11) is 0. The van der Waals surface area contributed by atoms with E-state index >= 15 is 0 Å². The summed E-state index contributed by atoms with van der Waals surface area (Å²) in [5.74, 6) is -1.22. The van der Waals surface area contributed by atoms with Gasteiger partial charge in [-0.05, 0) is 33.8 Å². The molecule has 3 fully saturated rings. The van der Waals surface area contributed by atoms with Crippen molar-refractivity contribution in [1.29, 1.82) is 0 Å². The summed E-state index contributed by atoms with van der Waals surface area (Å²) in [6.45, 7) is 7.16. The third kappa shape index (κ3) is 3.13. The first-order chi connectivity index (χ1) is 13.6. The van der Waals surface area contributed by atoms with Gasteiger partial charge in [0.05, 0.1) is 4.92 Å². The van der Waals surface area contributed by atoms with Gasteiger partial charge in [-0.25, -0.2) is 0 Å². The Morgan fingerprint density at radius 3 is 2.24 bits per heavy atom. The SMILES string of the molecule is CC1(C)O[C@H]2[C@@H](O1)[C@@H](C1Oc3ccccc3C=C1[N+](=O)[O-])O[C@@H]1OC(C)(C)O[C@@H]12. The fourth-order valence-corrected chi connectivity index (χ4v) is 4.42. The van der Waals surface area contributed by atoms with E-state index in [4.69, 9.17) is 28.4 Å². The maximum absolute atomic E-state index is 11.8. The summed E-state index contributed by atoms with van der Waals surface area (Å²) < 4.78 is 36.3. The minimum absolute atomic E-state index is 0.0996. The lowest BCUT2D eigenvalue weighted by atomic mass is 9.92. The monoisotopic (exact) mass is 405 g/mol. The zero-order chi connectivity index (χ0) is 20.6. The average Bonchev–Trinajstić information content (AvgIpc) is 3.13. The van der Waals surface area contributed by atoms with Crippen LogP contribution in [-0.4, -0.2) is 53.3 Å². The molecule has 5 rings (SSSR count). The van der Waals surface area contributed by atoms with Crippen LogP contribution < -0.4 is 4.74 Å². The van der Waals surface area contributed by atoms with Gasteiger partial charge in [0.15, 0.2) is 17.9 Å². The number of para-hydroxylation sites is 1. The van der Waals surface area contributed by atoms with Crippen LogP contribution in [0.2, 0.25) is 0 Å². The van der Waals surface area contributed by atoms with E-state index in [-0.39, 0.29) is 5.70 Å². The molecule has 6 atom stereocenters. The van der Waals surface area contributed by atoms with Crippen molar-refractivity contribution < 1.29 is 33.3 Å². The molecule has 0 amide bonds. The Morgan fingerprint density at radius 2 is 1.52 bits per heavy atom. The Kier molecular flexibility index (Phi) is 4.07. The van der Waals surface area contributed by atoms with Crippen molar-refractivity contribution in [2.45, 2.75) is 76.1 Å². The molecule has 0 aromatic heterocycles. The molecule has 1 aromatic carbocycles. The van der Waals surface area contributed by atoms with Gasteiger partial charge in [-0.15, -0.1) is 0 Å². The summed E-state index contributed by atoms with van der Waals surface area (Å²) in [5.41, 5.74) is 0.545. The van der Waals surface area contributed by atoms with Gasteiger partial charge in [0.25, 0.3) is 5.70 Å². The van der Waals surface area contributed by atoms with Gasteiger partial charge in [-0.2, -0.15) is 0 Å². The molecule has 0 spiro atoms. The predicted molar refractivity (Wildman–Crippen MR) is 98.4 cm³/mol. The first-order valence-corrected chi connectivity index (χ1v) is 9.62. The fourth-order valence-electron chi connectivity index (χ4n) is 4.42. The van der Waals surface area contributed by atoms with Gasteiger partial charge in [-0.1, -0.05) is 18.2 Å². The lowest BCUT2D eigenvalue weighted by Crippen LogP contribution is -2.60. The number of ether oxygens (including phenoxy) is 6. The second-order valence-corrected chi connectivity index (χ2v) is 8.54. The summed E-state index contributed by atoms with van der Waals surface area (Å²) in [6, 6.07) is 7.16. The minimum Gasteiger partial charge on any atom is -0.476 e. The lowest BCUT2D eigenvalue weighted by Gasteiger charge is -2.40. The van der Waals surface area contributed by atoms with Gasteiger partial charge in [0, 0.05) is 11.6 Å². The zero-order valence-electron chi connectivity index (χ0n) is 16.6. The molecule has 0 bridgehead atoms. The lowest BCUT2D eigenvalue weighted by molar-refractivity contribution is -0.438. The Morgan fingerprint density at radius 1 is 0.897 bits per heavy atom. The van der Waals surface area contributed by atoms with Crippen molar-refractivity contribution in [2.75, 3.05) is 0 Å². The number of hydrogen-bond donors (Lipinski definition) is 0. The van der Waals surface area contributed by atoms with E-state index in [0.717, 1.165) is 0 Å². The topological polar surface area (TPSA) is 98.5 Å². The molecule has 4 aliphatic rings. The molecule has 29 heavy (non-hydrogen) atoms. The van der Waals surface area contributed by atoms with Crippen molar-refractivity contribution >= 4 is 6.08 Å². The summed E-state index contributed by atoms with van der Waals surface area (Å²) in [6.07, 6.45) is -2.67. The van der Waals surface area contributed by atoms with Gasteiger partial charge < -0.3 is 28.4 Å². The molecule has 156 valence electrons. The van der Waals surface area contributed by atoms with Crippen LogP contribution in [0.4, 0.5) is 0 Å². The molecule has 0 saturated carbocycles. The van der Waals surface area contributed by atoms with Crippen LogP contribution in [0.15, 0.2) is 30.0 Å². The van der Waals surface area contributed by atoms with E-state index in [1.54, 1.807) is 45.9 Å². The number of nitro groups is 1. The standard InChI is InChI=1S/C20H23NO8/c1-19(2)26-15-14(25-18-17(16(15)27-19)28-20(3,4)29-18)13-11(21(22)23)9-10-7-5-6-8-12(10)24-13/h5-9,13-18H,1-4H3/t13?,14-,15+,16+,17-,18-/m1/s1. The molecule has 9 heteroatoms. The van der Waals surface area contributed by atoms with Gasteiger partial charge >= 0.3 is 0 Å². The van der Waals surface area contributed by atoms with Crippen LogP contribution in [0.1, 0.15) is 33.3 Å². The average molecular weight is 405 g/mol. The first-order valence-electron chi connectivity index (χ1n) is 9.62. The molecule has 0 N–H and O–H groups in total. The van der Waals surface area contributed by atoms with E-state index in [1.165, 1.54) is 6.08 Å². The van der Waals surface area contributed by atoms with Gasteiger partial charge in [-0.3, -0.25) is 10.1 Å². The van der Waals surface area contributed by atoms with Crippen LogP contribution in [0.25, 0.3) is 6.08 Å². The van der Waals surface area contributed by atoms with E-state index < -0.39 is 53.3 Å². The molecular formula is C20H23NO8. The molecule has 0 radical (unpaired) electrons. The largest absolute Gasteiger partial charge is 0.476 e. The van der Waals surface area contributed by atoms with E-state index in [9.17, 15) is 10.1 Å². The van der Waals surface area contributed by atoms with Crippen molar-refractivity contribution in [3.05, 3.63) is 45.6 Å². The summed E-state index contributed by atoms with van der Waals surface area (Å²) in [4.78, 5) is 11.4. The number of benzene rings is 1. The Bertz CT molecular complexity index is 881. The first kappa shape index (κ1) is 19.0. The normalized spacial score (nSPS) is 39.0. The molecule has 3 saturated heterocycles. The third-order valence-electron chi connectivity index (χ3n) is 5.47. The highest BCUT2D eigenvalue weighted by atomic mass is 16.9. The number of rotatable bonds is 2. The maximum atomic E-state index is 11.8. The quantitative estimate of drug-likeness (QED) is 0.547. The molecule has 9 nitrogen and oxygen atoms in total. The number of nitrogens with zero attached hydrogens (tertiary/aromatic N) is 1. The second-order valence-electron chi connectivity index (χ2n) is 8.54. The Balaban J connectivity index is 1.54. The Hall–Kier alpha value is -2.04. The molecule has 4 heterocycles. The molecule has 4 aliphatic heterocycles. The van der Waals surface area contributed by atoms with Crippen molar-refractivity contribution in [3.63, 3.8) is 0 Å². The van der Waals surface area contributed by atoms with Crippen molar-refractivity contribution in [2.24, 2.45) is 0 Å². The fraction of sp³-hybridized carbons (Fsp3) is 0.600. The van der Waals surface area contributed by atoms with Gasteiger partial charge in [0.2, 0.25) is 6.10 Å². The molecule has 1 unspecified atom stereocenters. The summed E-state index contributed by atoms with van der Waals surface area (Å²) >= 11 is 0. The van der Waals surface area contributed by atoms with Crippen LogP contribution in [0.3, 0.4) is 0 Å². The van der Waals surface area contributed by atoms with E-state index in [1.807, 2.05) is 6.07 Å². The maximum Gasteiger partial charge on any atom is 0.290 e. The zero-order valence-corrected chi connectivity index (χ0v) is 16.6. The molecular weight excluding hydrogens is 382 g/mol. The summed E-state index contributed by atoms with van der Waals surface area (Å²) in [5, 5.41) is 11.8. The highest BCUT2D eigenvalue weighted by Crippen LogP contribution is 2.46. The highest BCUT2D eigenvalue weighted by Gasteiger charge is 2.63. The molecule has 1 aromatic rings. The van der Waals surface area contributed by atoms with Crippen LogP contribution in [-0.2, 0) is 23.7 Å².